The Hall–Kier alpha value is -1.35. The Morgan fingerprint density at radius 2 is 2.06 bits per heavy atom. The first kappa shape index (κ1) is 13.1. The van der Waals surface area contributed by atoms with Crippen molar-refractivity contribution >= 4 is 5.97 Å². The Kier molecular flexibility index (Phi) is 3.44. The van der Waals surface area contributed by atoms with E-state index in [1.165, 1.54) is 16.7 Å². The highest BCUT2D eigenvalue weighted by Gasteiger charge is 2.38. The summed E-state index contributed by atoms with van der Waals surface area (Å²) in [6, 6.07) is 6.51. The molecule has 18 heavy (non-hydrogen) atoms. The number of benzene rings is 1. The van der Waals surface area contributed by atoms with Gasteiger partial charge in [0.25, 0.3) is 0 Å². The Balaban J connectivity index is 2.28. The van der Waals surface area contributed by atoms with Gasteiger partial charge in [-0.2, -0.15) is 0 Å². The zero-order valence-electron chi connectivity index (χ0n) is 11.1. The quantitative estimate of drug-likeness (QED) is 0.858. The number of carboxylic acids is 1. The van der Waals surface area contributed by atoms with Gasteiger partial charge in [0.15, 0.2) is 0 Å². The van der Waals surface area contributed by atoms with Crippen molar-refractivity contribution in [1.82, 2.24) is 0 Å². The van der Waals surface area contributed by atoms with Crippen molar-refractivity contribution in [3.8, 4) is 0 Å². The molecule has 2 rings (SSSR count). The summed E-state index contributed by atoms with van der Waals surface area (Å²) in [5, 5.41) is 9.04. The maximum absolute atomic E-state index is 11.0. The van der Waals surface area contributed by atoms with Gasteiger partial charge in [-0.25, -0.2) is 0 Å². The van der Waals surface area contributed by atoms with Crippen LogP contribution in [0.3, 0.4) is 0 Å². The summed E-state index contributed by atoms with van der Waals surface area (Å²) >= 11 is 0. The van der Waals surface area contributed by atoms with Gasteiger partial charge < -0.3 is 10.8 Å². The first-order valence-electron chi connectivity index (χ1n) is 6.49. The van der Waals surface area contributed by atoms with Crippen molar-refractivity contribution in [1.29, 1.82) is 0 Å². The molecule has 0 aliphatic heterocycles. The SMILES string of the molecule is CC(C)c1ccc2c(c1)CC(CN)(CC(=O)O)C2. The monoisotopic (exact) mass is 247 g/mol. The minimum absolute atomic E-state index is 0.162. The Labute approximate surface area is 108 Å². The molecule has 3 heteroatoms. The Morgan fingerprint density at radius 3 is 2.61 bits per heavy atom. The van der Waals surface area contributed by atoms with Crippen LogP contribution < -0.4 is 5.73 Å². The minimum atomic E-state index is -0.752. The standard InChI is InChI=1S/C15H21NO2/c1-10(2)11-3-4-12-6-15(9-16,8-14(17)18)7-13(12)5-11/h3-5,10H,6-9,16H2,1-2H3,(H,17,18). The summed E-state index contributed by atoms with van der Waals surface area (Å²) in [5.74, 6) is -0.250. The molecule has 1 aliphatic rings. The lowest BCUT2D eigenvalue weighted by Crippen LogP contribution is -2.33. The third-order valence-corrected chi connectivity index (χ3v) is 3.99. The van der Waals surface area contributed by atoms with E-state index in [-0.39, 0.29) is 11.8 Å². The van der Waals surface area contributed by atoms with Gasteiger partial charge in [-0.1, -0.05) is 32.0 Å². The maximum atomic E-state index is 11.0. The van der Waals surface area contributed by atoms with Crippen LogP contribution in [0.5, 0.6) is 0 Å². The van der Waals surface area contributed by atoms with Crippen molar-refractivity contribution in [3.05, 3.63) is 34.9 Å². The molecule has 3 nitrogen and oxygen atoms in total. The Morgan fingerprint density at radius 1 is 1.39 bits per heavy atom. The van der Waals surface area contributed by atoms with Crippen LogP contribution in [0.2, 0.25) is 0 Å². The average Bonchev–Trinajstić information content (AvgIpc) is 2.65. The number of hydrogen-bond donors (Lipinski definition) is 2. The lowest BCUT2D eigenvalue weighted by atomic mass is 9.81. The first-order valence-corrected chi connectivity index (χ1v) is 6.49. The van der Waals surface area contributed by atoms with E-state index in [1.807, 2.05) is 0 Å². The van der Waals surface area contributed by atoms with Crippen LogP contribution >= 0.6 is 0 Å². The number of carboxylic acid groups (broad SMARTS) is 1. The van der Waals surface area contributed by atoms with Crippen LogP contribution in [0.1, 0.15) is 42.9 Å². The zero-order chi connectivity index (χ0) is 13.3. The number of rotatable bonds is 4. The number of hydrogen-bond acceptors (Lipinski definition) is 2. The van der Waals surface area contributed by atoms with Gasteiger partial charge in [0, 0.05) is 5.41 Å². The van der Waals surface area contributed by atoms with Crippen LogP contribution in [0.4, 0.5) is 0 Å². The average molecular weight is 247 g/mol. The topological polar surface area (TPSA) is 63.3 Å². The second-order valence-corrected chi connectivity index (χ2v) is 5.81. The molecular weight excluding hydrogens is 226 g/mol. The van der Waals surface area contributed by atoms with Gasteiger partial charge in [-0.3, -0.25) is 4.79 Å². The molecule has 98 valence electrons. The maximum Gasteiger partial charge on any atom is 0.303 e. The fraction of sp³-hybridized carbons (Fsp3) is 0.533. The van der Waals surface area contributed by atoms with E-state index in [1.54, 1.807) is 0 Å². The normalized spacial score (nSPS) is 22.2. The van der Waals surface area contributed by atoms with Crippen molar-refractivity contribution in [2.24, 2.45) is 11.1 Å². The smallest absolute Gasteiger partial charge is 0.303 e. The molecular formula is C15H21NO2. The van der Waals surface area contributed by atoms with Gasteiger partial charge >= 0.3 is 5.97 Å². The van der Waals surface area contributed by atoms with Crippen LogP contribution in [0.25, 0.3) is 0 Å². The predicted octanol–water partition coefficient (Wildman–Crippen LogP) is 2.33. The molecule has 0 spiro atoms. The third kappa shape index (κ3) is 2.41. The lowest BCUT2D eigenvalue weighted by molar-refractivity contribution is -0.139. The summed E-state index contributed by atoms with van der Waals surface area (Å²) in [5.41, 5.74) is 9.43. The fourth-order valence-electron chi connectivity index (χ4n) is 2.87. The number of aliphatic carboxylic acids is 1. The third-order valence-electron chi connectivity index (χ3n) is 3.99. The highest BCUT2D eigenvalue weighted by atomic mass is 16.4. The van der Waals surface area contributed by atoms with Gasteiger partial charge in [0.1, 0.15) is 0 Å². The van der Waals surface area contributed by atoms with E-state index in [9.17, 15) is 4.79 Å². The molecule has 1 aliphatic carbocycles. The van der Waals surface area contributed by atoms with E-state index in [4.69, 9.17) is 10.8 Å². The predicted molar refractivity (Wildman–Crippen MR) is 71.7 cm³/mol. The van der Waals surface area contributed by atoms with Gasteiger partial charge in [-0.15, -0.1) is 0 Å². The zero-order valence-corrected chi connectivity index (χ0v) is 11.1. The fourth-order valence-corrected chi connectivity index (χ4v) is 2.87. The molecule has 3 N–H and O–H groups in total. The van der Waals surface area contributed by atoms with Crippen molar-refractivity contribution in [3.63, 3.8) is 0 Å². The highest BCUT2D eigenvalue weighted by molar-refractivity contribution is 5.68. The second kappa shape index (κ2) is 4.73. The van der Waals surface area contributed by atoms with Gasteiger partial charge in [-0.05, 0) is 42.0 Å². The number of fused-ring (bicyclic) bond motifs is 1. The first-order chi connectivity index (χ1) is 8.46. The van der Waals surface area contributed by atoms with Crippen LogP contribution in [0.15, 0.2) is 18.2 Å². The summed E-state index contributed by atoms with van der Waals surface area (Å²) in [4.78, 5) is 11.0. The van der Waals surface area contributed by atoms with E-state index in [0.717, 1.165) is 12.8 Å². The molecule has 1 aromatic rings. The number of nitrogens with two attached hydrogens (primary N) is 1. The summed E-state index contributed by atoms with van der Waals surface area (Å²) in [6.07, 6.45) is 1.75. The van der Waals surface area contributed by atoms with E-state index in [0.29, 0.717) is 12.5 Å². The van der Waals surface area contributed by atoms with Crippen LogP contribution in [-0.2, 0) is 17.6 Å². The summed E-state index contributed by atoms with van der Waals surface area (Å²) in [6.45, 7) is 4.78. The van der Waals surface area contributed by atoms with E-state index < -0.39 is 5.97 Å². The van der Waals surface area contributed by atoms with Crippen LogP contribution in [-0.4, -0.2) is 17.6 Å². The summed E-state index contributed by atoms with van der Waals surface area (Å²) < 4.78 is 0. The van der Waals surface area contributed by atoms with E-state index in [2.05, 4.69) is 32.0 Å². The Bertz CT molecular complexity index is 468. The summed E-state index contributed by atoms with van der Waals surface area (Å²) in [7, 11) is 0. The number of carbonyl (C=O) groups is 1. The minimum Gasteiger partial charge on any atom is -0.481 e. The molecule has 0 amide bonds. The van der Waals surface area contributed by atoms with E-state index >= 15 is 0 Å². The lowest BCUT2D eigenvalue weighted by Gasteiger charge is -2.24. The molecule has 1 atom stereocenters. The van der Waals surface area contributed by atoms with Crippen molar-refractivity contribution in [2.45, 2.75) is 39.0 Å². The van der Waals surface area contributed by atoms with Crippen molar-refractivity contribution in [2.75, 3.05) is 6.54 Å². The molecule has 0 saturated heterocycles. The molecule has 0 radical (unpaired) electrons. The molecule has 1 unspecified atom stereocenters. The molecule has 0 fully saturated rings. The molecule has 0 saturated carbocycles. The van der Waals surface area contributed by atoms with Gasteiger partial charge in [0.2, 0.25) is 0 Å². The molecule has 0 heterocycles. The molecule has 1 aromatic carbocycles. The highest BCUT2D eigenvalue weighted by Crippen LogP contribution is 2.40. The largest absolute Gasteiger partial charge is 0.481 e. The van der Waals surface area contributed by atoms with Crippen LogP contribution in [0, 0.1) is 5.41 Å². The van der Waals surface area contributed by atoms with Crippen molar-refractivity contribution < 1.29 is 9.90 Å². The van der Waals surface area contributed by atoms with Gasteiger partial charge in [0.05, 0.1) is 6.42 Å². The molecule has 0 bridgehead atoms. The second-order valence-electron chi connectivity index (χ2n) is 5.81. The molecule has 0 aromatic heterocycles.